The highest BCUT2D eigenvalue weighted by Crippen LogP contribution is 2.38. The third-order valence-corrected chi connectivity index (χ3v) is 7.81. The zero-order valence-electron chi connectivity index (χ0n) is 21.3. The molecule has 39 heavy (non-hydrogen) atoms. The molecule has 1 fully saturated rings. The lowest BCUT2D eigenvalue weighted by molar-refractivity contribution is -0.170. The summed E-state index contributed by atoms with van der Waals surface area (Å²) in [5.41, 5.74) is 0.904. The molecule has 0 aliphatic carbocycles. The Kier molecular flexibility index (Phi) is 7.93. The molecule has 1 atom stereocenters. The van der Waals surface area contributed by atoms with Crippen LogP contribution in [-0.4, -0.2) is 47.0 Å². The molecule has 3 aromatic rings. The van der Waals surface area contributed by atoms with E-state index in [1.54, 1.807) is 24.6 Å². The Bertz CT molecular complexity index is 1450. The number of rotatable bonds is 5. The molecule has 0 radical (unpaired) electrons. The van der Waals surface area contributed by atoms with Crippen molar-refractivity contribution in [3.63, 3.8) is 0 Å². The predicted octanol–water partition coefficient (Wildman–Crippen LogP) is 7.06. The number of amides is 1. The van der Waals surface area contributed by atoms with E-state index in [0.29, 0.717) is 27.7 Å². The number of carbonyl (C=O) groups is 2. The van der Waals surface area contributed by atoms with Gasteiger partial charge in [-0.25, -0.2) is 8.78 Å². The molecular formula is C27H25Cl2F5N2O3. The van der Waals surface area contributed by atoms with Gasteiger partial charge in [0.1, 0.15) is 5.92 Å². The van der Waals surface area contributed by atoms with Gasteiger partial charge < -0.3 is 14.2 Å². The quantitative estimate of drug-likeness (QED) is 0.236. The molecule has 0 N–H and O–H groups in total. The normalized spacial score (nSPS) is 17.5. The number of halogens is 7. The lowest BCUT2D eigenvalue weighted by Crippen LogP contribution is -2.53. The highest BCUT2D eigenvalue weighted by atomic mass is 35.5. The number of esters is 1. The molecule has 0 saturated carbocycles. The summed E-state index contributed by atoms with van der Waals surface area (Å²) in [4.78, 5) is 26.1. The van der Waals surface area contributed by atoms with Crippen LogP contribution in [0.1, 0.15) is 46.1 Å². The maximum atomic E-state index is 14.8. The van der Waals surface area contributed by atoms with E-state index in [4.69, 9.17) is 27.9 Å². The topological polar surface area (TPSA) is 51.5 Å². The van der Waals surface area contributed by atoms with E-state index in [-0.39, 0.29) is 41.6 Å². The summed E-state index contributed by atoms with van der Waals surface area (Å²) in [5.74, 6) is -6.89. The molecular weight excluding hydrogens is 566 g/mol. The van der Waals surface area contributed by atoms with E-state index in [1.165, 1.54) is 19.1 Å². The van der Waals surface area contributed by atoms with Gasteiger partial charge in [0.2, 0.25) is 0 Å². The van der Waals surface area contributed by atoms with Crippen molar-refractivity contribution in [2.24, 2.45) is 13.0 Å². The molecule has 0 spiro atoms. The molecule has 1 aliphatic heterocycles. The second kappa shape index (κ2) is 10.6. The molecule has 1 aromatic heterocycles. The summed E-state index contributed by atoms with van der Waals surface area (Å²) < 4.78 is 75.9. The van der Waals surface area contributed by atoms with E-state index in [0.717, 1.165) is 17.0 Å². The Balaban J connectivity index is 1.64. The molecule has 2 heterocycles. The van der Waals surface area contributed by atoms with E-state index >= 15 is 0 Å². The predicted molar refractivity (Wildman–Crippen MR) is 138 cm³/mol. The van der Waals surface area contributed by atoms with Gasteiger partial charge in [0.15, 0.2) is 0 Å². The van der Waals surface area contributed by atoms with Gasteiger partial charge in [-0.05, 0) is 61.7 Å². The summed E-state index contributed by atoms with van der Waals surface area (Å²) in [6.45, 7) is 2.00. The molecule has 4 rings (SSSR count). The molecule has 5 nitrogen and oxygen atoms in total. The lowest BCUT2D eigenvalue weighted by atomic mass is 9.92. The summed E-state index contributed by atoms with van der Waals surface area (Å²) in [6, 6.07) is 6.64. The van der Waals surface area contributed by atoms with Crippen LogP contribution in [0.2, 0.25) is 10.0 Å². The number of benzene rings is 2. The minimum atomic E-state index is -4.51. The van der Waals surface area contributed by atoms with E-state index < -0.39 is 42.0 Å². The minimum Gasteiger partial charge on any atom is -0.466 e. The van der Waals surface area contributed by atoms with Crippen molar-refractivity contribution in [2.75, 3.05) is 19.7 Å². The van der Waals surface area contributed by atoms with E-state index in [1.807, 2.05) is 0 Å². The van der Waals surface area contributed by atoms with E-state index in [9.17, 15) is 31.5 Å². The molecule has 210 valence electrons. The fourth-order valence-electron chi connectivity index (χ4n) is 4.92. The fourth-order valence-corrected chi connectivity index (χ4v) is 5.50. The number of ether oxygens (including phenoxy) is 1. The molecule has 2 aromatic carbocycles. The Morgan fingerprint density at radius 2 is 1.85 bits per heavy atom. The number of fused-ring (bicyclic) bond motifs is 1. The van der Waals surface area contributed by atoms with Crippen molar-refractivity contribution in [3.05, 3.63) is 68.3 Å². The Morgan fingerprint density at radius 3 is 2.46 bits per heavy atom. The van der Waals surface area contributed by atoms with Crippen molar-refractivity contribution in [2.45, 2.75) is 38.8 Å². The number of nitrogens with zero attached hydrogens (tertiary/aromatic N) is 2. The first kappa shape index (κ1) is 29.1. The van der Waals surface area contributed by atoms with Crippen molar-refractivity contribution >= 4 is 46.0 Å². The molecule has 1 aliphatic rings. The molecule has 12 heteroatoms. The SMILES string of the molecule is CCOC(=O)C1CCN(C(=O)c2ccc(Cl)c(Cc3cc4c(C)cc(C(F)(F)F)cc4n3C)c2Cl)CC1(F)F. The monoisotopic (exact) mass is 590 g/mol. The molecule has 1 amide bonds. The Hall–Kier alpha value is -2.85. The minimum absolute atomic E-state index is 0.0308. The zero-order valence-corrected chi connectivity index (χ0v) is 22.8. The standard InChI is InChI=1S/C27H25Cl2F5N2O3/c1-4-39-25(38)20-7-8-36(13-26(20,30)31)24(37)17-5-6-21(28)19(23(17)29)12-16-11-18-14(2)9-15(27(32,33)34)10-22(18)35(16)3/h5-6,9-11,20H,4,7-8,12-13H2,1-3H3. The van der Waals surface area contributed by atoms with Crippen molar-refractivity contribution < 1.29 is 36.3 Å². The van der Waals surface area contributed by atoms with Gasteiger partial charge in [0, 0.05) is 41.6 Å². The van der Waals surface area contributed by atoms with E-state index in [2.05, 4.69) is 0 Å². The first-order valence-corrected chi connectivity index (χ1v) is 12.9. The largest absolute Gasteiger partial charge is 0.466 e. The van der Waals surface area contributed by atoms with Gasteiger partial charge in [-0.1, -0.05) is 23.2 Å². The van der Waals surface area contributed by atoms with Crippen LogP contribution >= 0.6 is 23.2 Å². The van der Waals surface area contributed by atoms with Crippen LogP contribution < -0.4 is 0 Å². The van der Waals surface area contributed by atoms with Gasteiger partial charge in [0.05, 0.1) is 29.3 Å². The van der Waals surface area contributed by atoms with Crippen LogP contribution in [-0.2, 0) is 29.2 Å². The number of aromatic nitrogens is 1. The highest BCUT2D eigenvalue weighted by Gasteiger charge is 2.50. The third kappa shape index (κ3) is 5.59. The second-order valence-electron chi connectivity index (χ2n) is 9.56. The number of aryl methyl sites for hydroxylation is 2. The third-order valence-electron chi connectivity index (χ3n) is 7.03. The van der Waals surface area contributed by atoms with Crippen LogP contribution in [0.15, 0.2) is 30.3 Å². The van der Waals surface area contributed by atoms with Crippen LogP contribution in [0.5, 0.6) is 0 Å². The molecule has 0 bridgehead atoms. The Labute approximate surface area is 231 Å². The van der Waals surface area contributed by atoms with Gasteiger partial charge in [-0.3, -0.25) is 9.59 Å². The summed E-state index contributed by atoms with van der Waals surface area (Å²) in [5, 5.41) is 0.786. The van der Waals surface area contributed by atoms with Crippen molar-refractivity contribution in [3.8, 4) is 0 Å². The Morgan fingerprint density at radius 1 is 1.15 bits per heavy atom. The number of piperidine rings is 1. The molecule has 1 unspecified atom stereocenters. The van der Waals surface area contributed by atoms with Crippen molar-refractivity contribution in [1.82, 2.24) is 9.47 Å². The maximum absolute atomic E-state index is 14.8. The van der Waals surface area contributed by atoms with Crippen molar-refractivity contribution in [1.29, 1.82) is 0 Å². The van der Waals surface area contributed by atoms with Gasteiger partial charge in [-0.15, -0.1) is 0 Å². The van der Waals surface area contributed by atoms with Crippen LogP contribution in [0.3, 0.4) is 0 Å². The van der Waals surface area contributed by atoms with Gasteiger partial charge in [0.25, 0.3) is 11.8 Å². The summed E-state index contributed by atoms with van der Waals surface area (Å²) >= 11 is 13.0. The smallest absolute Gasteiger partial charge is 0.416 e. The summed E-state index contributed by atoms with van der Waals surface area (Å²) in [6.07, 6.45) is -4.71. The van der Waals surface area contributed by atoms with Gasteiger partial charge in [-0.2, -0.15) is 13.2 Å². The average Bonchev–Trinajstić information content (AvgIpc) is 3.16. The maximum Gasteiger partial charge on any atom is 0.416 e. The summed E-state index contributed by atoms with van der Waals surface area (Å²) in [7, 11) is 1.61. The first-order valence-electron chi connectivity index (χ1n) is 12.1. The van der Waals surface area contributed by atoms with Crippen LogP contribution in [0.25, 0.3) is 10.9 Å². The van der Waals surface area contributed by atoms with Crippen LogP contribution in [0, 0.1) is 12.8 Å². The molecule has 1 saturated heterocycles. The zero-order chi connectivity index (χ0) is 28.9. The second-order valence-corrected chi connectivity index (χ2v) is 10.3. The fraction of sp³-hybridized carbons (Fsp3) is 0.407. The number of carbonyl (C=O) groups excluding carboxylic acids is 2. The number of alkyl halides is 5. The number of hydrogen-bond donors (Lipinski definition) is 0. The van der Waals surface area contributed by atoms with Crippen LogP contribution in [0.4, 0.5) is 22.0 Å². The number of hydrogen-bond acceptors (Lipinski definition) is 3. The van der Waals surface area contributed by atoms with Gasteiger partial charge >= 0.3 is 12.1 Å². The average molecular weight is 591 g/mol. The first-order chi connectivity index (χ1) is 18.2. The lowest BCUT2D eigenvalue weighted by Gasteiger charge is -2.37. The highest BCUT2D eigenvalue weighted by molar-refractivity contribution is 6.38. The number of likely N-dealkylation sites (tertiary alicyclic amines) is 1.